The number of halogens is 1. The van der Waals surface area contributed by atoms with Crippen molar-refractivity contribution >= 4 is 50.7 Å². The molecule has 166 valence electrons. The summed E-state index contributed by atoms with van der Waals surface area (Å²) in [6.07, 6.45) is 0.828. The summed E-state index contributed by atoms with van der Waals surface area (Å²) in [6.45, 7) is -0.414. The van der Waals surface area contributed by atoms with Gasteiger partial charge in [0, 0.05) is 23.0 Å². The normalized spacial score (nSPS) is 11.1. The second-order valence-electron chi connectivity index (χ2n) is 6.35. The van der Waals surface area contributed by atoms with Crippen LogP contribution in [-0.4, -0.2) is 40.5 Å². The van der Waals surface area contributed by atoms with Crippen LogP contribution in [0.25, 0.3) is 0 Å². The Morgan fingerprint density at radius 1 is 1.19 bits per heavy atom. The number of carbonyl (C=O) groups excluding carboxylic acids is 1. The van der Waals surface area contributed by atoms with Crippen molar-refractivity contribution in [3.05, 3.63) is 69.0 Å². The van der Waals surface area contributed by atoms with E-state index < -0.39 is 37.9 Å². The first-order valence-corrected chi connectivity index (χ1v) is 11.0. The molecule has 32 heavy (non-hydrogen) atoms. The predicted molar refractivity (Wildman–Crippen MR) is 114 cm³/mol. The van der Waals surface area contributed by atoms with Crippen molar-refractivity contribution in [2.24, 2.45) is 0 Å². The lowest BCUT2D eigenvalue weighted by Gasteiger charge is -2.08. The quantitative estimate of drug-likeness (QED) is 0.289. The summed E-state index contributed by atoms with van der Waals surface area (Å²) in [5.74, 6) is -0.960. The molecule has 0 amide bonds. The van der Waals surface area contributed by atoms with Crippen molar-refractivity contribution in [3.63, 3.8) is 0 Å². The molecule has 14 heteroatoms. The van der Waals surface area contributed by atoms with Gasteiger partial charge in [-0.05, 0) is 36.4 Å². The third-order valence-electron chi connectivity index (χ3n) is 3.92. The number of nitrogens with one attached hydrogen (secondary N) is 1. The molecule has 0 atom stereocenters. The highest BCUT2D eigenvalue weighted by Crippen LogP contribution is 2.25. The Kier molecular flexibility index (Phi) is 6.50. The van der Waals surface area contributed by atoms with Gasteiger partial charge in [-0.25, -0.2) is 13.2 Å². The van der Waals surface area contributed by atoms with Gasteiger partial charge in [0.2, 0.25) is 11.9 Å². The first-order valence-electron chi connectivity index (χ1n) is 8.71. The fourth-order valence-corrected chi connectivity index (χ4v) is 3.49. The van der Waals surface area contributed by atoms with Crippen LogP contribution in [-0.2, 0) is 21.2 Å². The minimum absolute atomic E-state index is 0.0181. The molecular formula is C18H15ClN6O6S. The maximum atomic E-state index is 12.3. The van der Waals surface area contributed by atoms with Crippen LogP contribution in [0.1, 0.15) is 16.2 Å². The van der Waals surface area contributed by atoms with Gasteiger partial charge in [0.15, 0.2) is 22.3 Å². The van der Waals surface area contributed by atoms with Crippen LogP contribution in [0, 0.1) is 10.1 Å². The molecule has 1 aromatic heterocycles. The number of nitro benzene ring substituents is 1. The van der Waals surface area contributed by atoms with Crippen LogP contribution in [0.4, 0.5) is 23.3 Å². The fourth-order valence-electron chi connectivity index (χ4n) is 2.53. The summed E-state index contributed by atoms with van der Waals surface area (Å²) >= 11 is 5.84. The Balaban J connectivity index is 1.76. The van der Waals surface area contributed by atoms with E-state index >= 15 is 0 Å². The molecule has 1 heterocycles. The number of hydrogen-bond donors (Lipinski definition) is 2. The molecule has 0 bridgehead atoms. The molecule has 0 unspecified atom stereocenters. The Bertz CT molecular complexity index is 1300. The van der Waals surface area contributed by atoms with Gasteiger partial charge in [-0.3, -0.25) is 10.1 Å². The molecule has 2 aromatic carbocycles. The average molecular weight is 479 g/mol. The number of rotatable bonds is 7. The van der Waals surface area contributed by atoms with Crippen LogP contribution in [0.3, 0.4) is 0 Å². The maximum Gasteiger partial charge on any atom is 0.338 e. The van der Waals surface area contributed by atoms with E-state index in [1.807, 2.05) is 0 Å². The first-order chi connectivity index (χ1) is 15.0. The van der Waals surface area contributed by atoms with Crippen LogP contribution in [0.2, 0.25) is 5.02 Å². The third kappa shape index (κ3) is 5.65. The molecule has 3 N–H and O–H groups in total. The molecule has 12 nitrogen and oxygen atoms in total. The number of carbonyl (C=O) groups is 1. The first kappa shape index (κ1) is 22.8. The maximum absolute atomic E-state index is 12.3. The van der Waals surface area contributed by atoms with Crippen molar-refractivity contribution in [2.45, 2.75) is 11.5 Å². The molecule has 0 saturated carbocycles. The minimum atomic E-state index is -3.86. The Morgan fingerprint density at radius 3 is 2.50 bits per heavy atom. The lowest BCUT2D eigenvalue weighted by atomic mass is 10.2. The monoisotopic (exact) mass is 478 g/mol. The van der Waals surface area contributed by atoms with Gasteiger partial charge < -0.3 is 15.8 Å². The standard InChI is InChI=1S/C18H15ClN6O6S/c1-32(29,30)14-7-2-10(8-13(14)25(27)28)16(26)31-9-15-22-17(20)24-18(23-15)21-12-5-3-11(19)4-6-12/h2-8H,9H2,1H3,(H3,20,21,22,23,24). The van der Waals surface area contributed by atoms with Gasteiger partial charge in [0.05, 0.1) is 10.5 Å². The molecule has 0 aliphatic heterocycles. The molecule has 0 aliphatic rings. The molecule has 0 radical (unpaired) electrons. The highest BCUT2D eigenvalue weighted by Gasteiger charge is 2.24. The molecule has 3 rings (SSSR count). The Hall–Kier alpha value is -3.84. The second-order valence-corrected chi connectivity index (χ2v) is 8.77. The topological polar surface area (TPSA) is 180 Å². The minimum Gasteiger partial charge on any atom is -0.454 e. The van der Waals surface area contributed by atoms with E-state index in [0.29, 0.717) is 10.7 Å². The van der Waals surface area contributed by atoms with E-state index in [2.05, 4.69) is 20.3 Å². The highest BCUT2D eigenvalue weighted by atomic mass is 35.5. The Labute approximate surface area is 186 Å². The van der Waals surface area contributed by atoms with Gasteiger partial charge in [0.25, 0.3) is 5.69 Å². The lowest BCUT2D eigenvalue weighted by Crippen LogP contribution is -2.12. The molecule has 0 spiro atoms. The Morgan fingerprint density at radius 2 is 1.88 bits per heavy atom. The van der Waals surface area contributed by atoms with Gasteiger partial charge >= 0.3 is 5.97 Å². The van der Waals surface area contributed by atoms with Crippen molar-refractivity contribution in [1.29, 1.82) is 0 Å². The van der Waals surface area contributed by atoms with Crippen LogP contribution in [0.15, 0.2) is 47.4 Å². The molecule has 0 fully saturated rings. The van der Waals surface area contributed by atoms with Gasteiger partial charge in [-0.15, -0.1) is 0 Å². The van der Waals surface area contributed by atoms with E-state index in [0.717, 1.165) is 24.5 Å². The highest BCUT2D eigenvalue weighted by molar-refractivity contribution is 7.90. The van der Waals surface area contributed by atoms with Gasteiger partial charge in [-0.1, -0.05) is 11.6 Å². The van der Waals surface area contributed by atoms with Crippen LogP contribution >= 0.6 is 11.6 Å². The molecular weight excluding hydrogens is 464 g/mol. The van der Waals surface area contributed by atoms with E-state index in [1.54, 1.807) is 24.3 Å². The van der Waals surface area contributed by atoms with Gasteiger partial charge in [-0.2, -0.15) is 15.0 Å². The lowest BCUT2D eigenvalue weighted by molar-refractivity contribution is -0.387. The summed E-state index contributed by atoms with van der Waals surface area (Å²) < 4.78 is 28.5. The number of benzene rings is 2. The molecule has 0 aliphatic carbocycles. The summed E-state index contributed by atoms with van der Waals surface area (Å²) in [7, 11) is -3.86. The van der Waals surface area contributed by atoms with Crippen molar-refractivity contribution in [1.82, 2.24) is 15.0 Å². The zero-order valence-electron chi connectivity index (χ0n) is 16.4. The van der Waals surface area contributed by atoms with E-state index in [4.69, 9.17) is 22.1 Å². The number of esters is 1. The van der Waals surface area contributed by atoms with Gasteiger partial charge in [0.1, 0.15) is 4.90 Å². The van der Waals surface area contributed by atoms with E-state index in [1.165, 1.54) is 0 Å². The molecule has 3 aromatic rings. The number of ether oxygens (including phenoxy) is 1. The number of nitrogens with zero attached hydrogens (tertiary/aromatic N) is 4. The van der Waals surface area contributed by atoms with E-state index in [-0.39, 0.29) is 23.3 Å². The van der Waals surface area contributed by atoms with Crippen LogP contribution in [0.5, 0.6) is 0 Å². The summed E-state index contributed by atoms with van der Waals surface area (Å²) in [5.41, 5.74) is 5.34. The zero-order chi connectivity index (χ0) is 23.5. The predicted octanol–water partition coefficient (Wildman–Crippen LogP) is 2.52. The van der Waals surface area contributed by atoms with E-state index in [9.17, 15) is 23.3 Å². The number of sulfone groups is 1. The second kappa shape index (κ2) is 9.11. The number of hydrogen-bond acceptors (Lipinski definition) is 11. The summed E-state index contributed by atoms with van der Waals surface area (Å²) in [6, 6.07) is 9.61. The largest absolute Gasteiger partial charge is 0.454 e. The molecule has 0 saturated heterocycles. The summed E-state index contributed by atoms with van der Waals surface area (Å²) in [4.78, 5) is 34.0. The van der Waals surface area contributed by atoms with Crippen molar-refractivity contribution in [3.8, 4) is 0 Å². The number of anilines is 3. The smallest absolute Gasteiger partial charge is 0.338 e. The van der Waals surface area contributed by atoms with Crippen LogP contribution < -0.4 is 11.1 Å². The fraction of sp³-hybridized carbons (Fsp3) is 0.111. The van der Waals surface area contributed by atoms with Crippen molar-refractivity contribution in [2.75, 3.05) is 17.3 Å². The van der Waals surface area contributed by atoms with Crippen molar-refractivity contribution < 1.29 is 22.9 Å². The number of aromatic nitrogens is 3. The number of nitrogen functional groups attached to an aromatic ring is 1. The number of nitrogens with two attached hydrogens (primary N) is 1. The zero-order valence-corrected chi connectivity index (χ0v) is 17.9. The SMILES string of the molecule is CS(=O)(=O)c1ccc(C(=O)OCc2nc(N)nc(Nc3ccc(Cl)cc3)n2)cc1[N+](=O)[O-]. The number of nitro groups is 1. The summed E-state index contributed by atoms with van der Waals surface area (Å²) in [5, 5.41) is 14.6. The average Bonchev–Trinajstić information content (AvgIpc) is 2.72. The third-order valence-corrected chi connectivity index (χ3v) is 5.32.